The Labute approximate surface area is 125 Å². The summed E-state index contributed by atoms with van der Waals surface area (Å²) in [6.07, 6.45) is 0. The molecule has 0 fully saturated rings. The molecule has 5 nitrogen and oxygen atoms in total. The molecule has 0 saturated carbocycles. The van der Waals surface area contributed by atoms with Crippen molar-refractivity contribution in [2.24, 2.45) is 5.73 Å². The molecule has 0 amide bonds. The van der Waals surface area contributed by atoms with E-state index in [2.05, 4.69) is 0 Å². The van der Waals surface area contributed by atoms with Gasteiger partial charge in [0, 0.05) is 49.0 Å². The van der Waals surface area contributed by atoms with E-state index >= 15 is 0 Å². The smallest absolute Gasteiger partial charge is 0.241 e. The predicted molar refractivity (Wildman–Crippen MR) is 82.5 cm³/mol. The van der Waals surface area contributed by atoms with Crippen molar-refractivity contribution in [2.45, 2.75) is 4.90 Å². The fraction of sp³-hybridized carbons (Fsp3) is 0.286. The summed E-state index contributed by atoms with van der Waals surface area (Å²) in [7, 11) is -0.675. The van der Waals surface area contributed by atoms with Gasteiger partial charge in [-0.15, -0.1) is 0 Å². The van der Waals surface area contributed by atoms with Crippen molar-refractivity contribution in [1.82, 2.24) is 4.72 Å². The van der Waals surface area contributed by atoms with Crippen molar-refractivity contribution < 1.29 is 13.9 Å². The van der Waals surface area contributed by atoms with E-state index in [1.54, 1.807) is 29.0 Å². The summed E-state index contributed by atoms with van der Waals surface area (Å²) < 4.78 is 56.6. The highest BCUT2D eigenvalue weighted by Crippen LogP contribution is 2.29. The molecule has 0 radical (unpaired) electrons. The number of rotatable bonds is 5. The van der Waals surface area contributed by atoms with Gasteiger partial charge in [0.15, 0.2) is 0 Å². The van der Waals surface area contributed by atoms with E-state index in [0.29, 0.717) is 10.8 Å². The number of benzene rings is 2. The highest BCUT2D eigenvalue weighted by molar-refractivity contribution is 7.89. The van der Waals surface area contributed by atoms with Crippen molar-refractivity contribution in [2.75, 3.05) is 32.0 Å². The molecular formula is C14H19N3O2S. The molecule has 6 heteroatoms. The summed E-state index contributed by atoms with van der Waals surface area (Å²) in [4.78, 5) is 1.70. The third-order valence-corrected chi connectivity index (χ3v) is 4.19. The summed E-state index contributed by atoms with van der Waals surface area (Å²) in [5, 5.41) is 1.09. The Kier molecular flexibility index (Phi) is 2.93. The van der Waals surface area contributed by atoms with Gasteiger partial charge in [0.1, 0.15) is 0 Å². The van der Waals surface area contributed by atoms with Gasteiger partial charge < -0.3 is 10.6 Å². The summed E-state index contributed by atoms with van der Waals surface area (Å²) in [5.41, 5.74) is 5.91. The van der Waals surface area contributed by atoms with Crippen LogP contribution < -0.4 is 15.4 Å². The summed E-state index contributed by atoms with van der Waals surface area (Å²) in [6.45, 7) is -5.84. The van der Waals surface area contributed by atoms with Gasteiger partial charge in [-0.2, -0.15) is 0 Å². The van der Waals surface area contributed by atoms with Gasteiger partial charge in [-0.1, -0.05) is 24.3 Å². The first-order valence-corrected chi connectivity index (χ1v) is 7.37. The van der Waals surface area contributed by atoms with E-state index in [0.717, 1.165) is 5.69 Å². The Morgan fingerprint density at radius 2 is 1.85 bits per heavy atom. The van der Waals surface area contributed by atoms with Crippen LogP contribution in [0.2, 0.25) is 0 Å². The van der Waals surface area contributed by atoms with Gasteiger partial charge in [-0.25, -0.2) is 13.1 Å². The highest BCUT2D eigenvalue weighted by Gasteiger charge is 2.17. The van der Waals surface area contributed by atoms with Crippen LogP contribution in [0.25, 0.3) is 10.8 Å². The number of hydrogen-bond acceptors (Lipinski definition) is 4. The number of nitrogens with zero attached hydrogens (tertiary/aromatic N) is 1. The van der Waals surface area contributed by atoms with E-state index in [-0.39, 0.29) is 4.90 Å². The van der Waals surface area contributed by atoms with Gasteiger partial charge in [0.2, 0.25) is 10.0 Å². The van der Waals surface area contributed by atoms with Crippen molar-refractivity contribution in [3.63, 3.8) is 0 Å². The molecular weight excluding hydrogens is 274 g/mol. The first kappa shape index (κ1) is 10.1. The lowest BCUT2D eigenvalue weighted by atomic mass is 10.1. The number of hydrogen-bond donors (Lipinski definition) is 2. The van der Waals surface area contributed by atoms with Crippen LogP contribution in [-0.2, 0) is 10.0 Å². The van der Waals surface area contributed by atoms with E-state index in [4.69, 9.17) is 11.2 Å². The zero-order valence-corrected chi connectivity index (χ0v) is 12.0. The van der Waals surface area contributed by atoms with E-state index < -0.39 is 23.0 Å². The largest absolute Gasteiger partial charge is 0.377 e. The van der Waals surface area contributed by atoms with Gasteiger partial charge in [-0.05, 0) is 12.1 Å². The highest BCUT2D eigenvalue weighted by atomic mass is 32.2. The van der Waals surface area contributed by atoms with Crippen LogP contribution in [0.15, 0.2) is 41.3 Å². The zero-order chi connectivity index (χ0) is 18.3. The Balaban J connectivity index is 2.62. The van der Waals surface area contributed by atoms with Crippen LogP contribution in [0.4, 0.5) is 5.69 Å². The van der Waals surface area contributed by atoms with E-state index in [1.807, 2.05) is 25.1 Å². The molecule has 0 atom stereocenters. The summed E-state index contributed by atoms with van der Waals surface area (Å²) in [5.74, 6) is 0. The van der Waals surface area contributed by atoms with Crippen LogP contribution in [-0.4, -0.2) is 35.5 Å². The molecule has 3 N–H and O–H groups in total. The molecule has 0 heterocycles. The lowest BCUT2D eigenvalue weighted by molar-refractivity contribution is 0.583. The molecule has 0 spiro atoms. The minimum Gasteiger partial charge on any atom is -0.377 e. The molecule has 0 unspecified atom stereocenters. The Morgan fingerprint density at radius 1 is 1.20 bits per heavy atom. The van der Waals surface area contributed by atoms with Gasteiger partial charge >= 0.3 is 0 Å². The number of sulfonamides is 1. The number of nitrogens with two attached hydrogens (primary N) is 1. The molecule has 0 bridgehead atoms. The second-order valence-electron chi connectivity index (χ2n) is 4.40. The Hall–Kier alpha value is -1.63. The van der Waals surface area contributed by atoms with E-state index in [9.17, 15) is 8.42 Å². The van der Waals surface area contributed by atoms with Gasteiger partial charge in [0.25, 0.3) is 0 Å². The normalized spacial score (nSPS) is 16.1. The van der Waals surface area contributed by atoms with Crippen LogP contribution in [0.5, 0.6) is 0 Å². The van der Waals surface area contributed by atoms with Crippen LogP contribution >= 0.6 is 0 Å². The molecule has 0 aliphatic carbocycles. The molecule has 0 saturated heterocycles. The maximum absolute atomic E-state index is 12.6. The van der Waals surface area contributed by atoms with Crippen LogP contribution in [0.1, 0.15) is 5.48 Å². The van der Waals surface area contributed by atoms with Crippen molar-refractivity contribution in [1.29, 1.82) is 0 Å². The second kappa shape index (κ2) is 5.78. The third-order valence-electron chi connectivity index (χ3n) is 2.89. The standard InChI is InChI=1S/C14H19N3O2S/c1-17(2)13-7-3-6-12-11(13)5-4-8-14(12)20(18,19)16-10-9-15/h3-8,16H,9-10,15H2,1-2H3/i9D2,10D2. The SMILES string of the molecule is [2H]C([2H])(N)C([2H])([2H])NS(=O)(=O)c1cccc2c(N(C)C)cccc12. The Morgan fingerprint density at radius 3 is 2.50 bits per heavy atom. The lowest BCUT2D eigenvalue weighted by Gasteiger charge is -2.17. The Bertz CT molecular complexity index is 864. The average Bonchev–Trinajstić information content (AvgIpc) is 2.43. The average molecular weight is 297 g/mol. The van der Waals surface area contributed by atoms with Crippen molar-refractivity contribution in [3.8, 4) is 0 Å². The van der Waals surface area contributed by atoms with Crippen LogP contribution in [0, 0.1) is 0 Å². The number of nitrogens with one attached hydrogen (secondary N) is 1. The lowest BCUT2D eigenvalue weighted by Crippen LogP contribution is -2.29. The quantitative estimate of drug-likeness (QED) is 0.868. The molecule has 2 aromatic rings. The predicted octanol–water partition coefficient (Wildman–Crippen LogP) is 1.14. The summed E-state index contributed by atoms with van der Waals surface area (Å²) >= 11 is 0. The van der Waals surface area contributed by atoms with E-state index in [1.165, 1.54) is 6.07 Å². The zero-order valence-electron chi connectivity index (χ0n) is 15.2. The second-order valence-corrected chi connectivity index (χ2v) is 6.05. The molecule has 108 valence electrons. The van der Waals surface area contributed by atoms with Crippen molar-refractivity contribution >= 4 is 26.5 Å². The van der Waals surface area contributed by atoms with Gasteiger partial charge in [0.05, 0.1) is 4.90 Å². The molecule has 2 aromatic carbocycles. The molecule has 0 aromatic heterocycles. The fourth-order valence-electron chi connectivity index (χ4n) is 2.04. The summed E-state index contributed by atoms with van der Waals surface area (Å²) in [6, 6.07) is 9.81. The van der Waals surface area contributed by atoms with Gasteiger partial charge in [-0.3, -0.25) is 0 Å². The third kappa shape index (κ3) is 2.77. The minimum absolute atomic E-state index is 0.142. The maximum atomic E-state index is 12.6. The molecule has 2 rings (SSSR count). The first-order chi connectivity index (χ1) is 10.9. The maximum Gasteiger partial charge on any atom is 0.241 e. The van der Waals surface area contributed by atoms with Crippen molar-refractivity contribution in [3.05, 3.63) is 36.4 Å². The fourth-order valence-corrected chi connectivity index (χ4v) is 3.07. The molecule has 20 heavy (non-hydrogen) atoms. The minimum atomic E-state index is -4.33. The topological polar surface area (TPSA) is 75.4 Å². The first-order valence-electron chi connectivity index (χ1n) is 7.89. The van der Waals surface area contributed by atoms with Crippen LogP contribution in [0.3, 0.4) is 0 Å². The number of fused-ring (bicyclic) bond motifs is 1. The number of anilines is 1. The monoisotopic (exact) mass is 297 g/mol. The molecule has 0 aliphatic heterocycles. The molecule has 0 aliphatic rings.